The maximum atomic E-state index is 12.9. The highest BCUT2D eigenvalue weighted by Crippen LogP contribution is 2.18. The van der Waals surface area contributed by atoms with E-state index in [9.17, 15) is 9.18 Å². The van der Waals surface area contributed by atoms with Gasteiger partial charge in [0.1, 0.15) is 5.82 Å². The second kappa shape index (κ2) is 7.55. The zero-order chi connectivity index (χ0) is 15.2. The average Bonchev–Trinajstić information content (AvgIpc) is 2.48. The number of halogens is 1. The zero-order valence-electron chi connectivity index (χ0n) is 12.9. The fourth-order valence-corrected chi connectivity index (χ4v) is 2.87. The summed E-state index contributed by atoms with van der Waals surface area (Å²) >= 11 is 0. The first kappa shape index (κ1) is 16.0. The molecule has 1 aliphatic rings. The SMILES string of the molecule is CC(N[C@@H](C)c1ccc(F)cc1)C(=O)NC1CCCCC1. The maximum absolute atomic E-state index is 12.9. The summed E-state index contributed by atoms with van der Waals surface area (Å²) in [6.45, 7) is 3.86. The highest BCUT2D eigenvalue weighted by Gasteiger charge is 2.20. The number of hydrogen-bond acceptors (Lipinski definition) is 2. The van der Waals surface area contributed by atoms with Crippen LogP contribution in [0.15, 0.2) is 24.3 Å². The number of carbonyl (C=O) groups excluding carboxylic acids is 1. The van der Waals surface area contributed by atoms with Crippen LogP contribution in [0.25, 0.3) is 0 Å². The molecule has 21 heavy (non-hydrogen) atoms. The molecule has 2 N–H and O–H groups in total. The summed E-state index contributed by atoms with van der Waals surface area (Å²) in [6.07, 6.45) is 5.87. The normalized spacial score (nSPS) is 19.0. The molecule has 1 aromatic carbocycles. The smallest absolute Gasteiger partial charge is 0.237 e. The molecule has 0 spiro atoms. The van der Waals surface area contributed by atoms with Crippen molar-refractivity contribution in [1.82, 2.24) is 10.6 Å². The summed E-state index contributed by atoms with van der Waals surface area (Å²) in [5.41, 5.74) is 0.980. The monoisotopic (exact) mass is 292 g/mol. The first-order valence-electron chi connectivity index (χ1n) is 7.88. The van der Waals surface area contributed by atoms with Crippen molar-refractivity contribution in [3.8, 4) is 0 Å². The van der Waals surface area contributed by atoms with Crippen LogP contribution in [0.4, 0.5) is 4.39 Å². The molecule has 2 rings (SSSR count). The first-order chi connectivity index (χ1) is 10.1. The molecular weight excluding hydrogens is 267 g/mol. The third-order valence-electron chi connectivity index (χ3n) is 4.21. The largest absolute Gasteiger partial charge is 0.352 e. The van der Waals surface area contributed by atoms with Gasteiger partial charge in [-0.05, 0) is 44.4 Å². The van der Waals surface area contributed by atoms with Crippen molar-refractivity contribution < 1.29 is 9.18 Å². The molecule has 2 atom stereocenters. The van der Waals surface area contributed by atoms with E-state index in [1.54, 1.807) is 12.1 Å². The number of amides is 1. The van der Waals surface area contributed by atoms with E-state index < -0.39 is 0 Å². The van der Waals surface area contributed by atoms with E-state index >= 15 is 0 Å². The van der Waals surface area contributed by atoms with Crippen LogP contribution in [-0.4, -0.2) is 18.0 Å². The molecule has 0 radical (unpaired) electrons. The summed E-state index contributed by atoms with van der Waals surface area (Å²) in [6, 6.07) is 6.47. The van der Waals surface area contributed by atoms with Crippen molar-refractivity contribution in [3.05, 3.63) is 35.6 Å². The average molecular weight is 292 g/mol. The second-order valence-corrected chi connectivity index (χ2v) is 6.01. The molecule has 1 saturated carbocycles. The molecular formula is C17H25FN2O. The second-order valence-electron chi connectivity index (χ2n) is 6.01. The fraction of sp³-hybridized carbons (Fsp3) is 0.588. The Morgan fingerprint density at radius 1 is 1.14 bits per heavy atom. The predicted octanol–water partition coefficient (Wildman–Crippen LogP) is 3.31. The lowest BCUT2D eigenvalue weighted by molar-refractivity contribution is -0.123. The minimum absolute atomic E-state index is 0.0118. The van der Waals surface area contributed by atoms with Crippen molar-refractivity contribution in [2.24, 2.45) is 0 Å². The van der Waals surface area contributed by atoms with Crippen molar-refractivity contribution in [2.45, 2.75) is 64.1 Å². The van der Waals surface area contributed by atoms with Gasteiger partial charge in [0.25, 0.3) is 0 Å². The summed E-state index contributed by atoms with van der Waals surface area (Å²) < 4.78 is 12.9. The minimum atomic E-state index is -0.257. The van der Waals surface area contributed by atoms with Crippen LogP contribution in [-0.2, 0) is 4.79 Å². The van der Waals surface area contributed by atoms with Gasteiger partial charge in [-0.25, -0.2) is 4.39 Å². The van der Waals surface area contributed by atoms with Crippen LogP contribution in [0.5, 0.6) is 0 Å². The number of nitrogens with one attached hydrogen (secondary N) is 2. The lowest BCUT2D eigenvalue weighted by Crippen LogP contribution is -2.47. The zero-order valence-corrected chi connectivity index (χ0v) is 12.9. The minimum Gasteiger partial charge on any atom is -0.352 e. The van der Waals surface area contributed by atoms with Crippen LogP contribution in [0, 0.1) is 5.82 Å². The van der Waals surface area contributed by atoms with E-state index in [-0.39, 0.29) is 23.8 Å². The van der Waals surface area contributed by atoms with Gasteiger partial charge >= 0.3 is 0 Å². The van der Waals surface area contributed by atoms with Crippen LogP contribution < -0.4 is 10.6 Å². The lowest BCUT2D eigenvalue weighted by Gasteiger charge is -2.26. The van der Waals surface area contributed by atoms with E-state index in [1.807, 2.05) is 13.8 Å². The Bertz CT molecular complexity index is 454. The molecule has 0 saturated heterocycles. The Kier molecular flexibility index (Phi) is 5.74. The van der Waals surface area contributed by atoms with Crippen LogP contribution in [0.2, 0.25) is 0 Å². The predicted molar refractivity (Wildman–Crippen MR) is 82.4 cm³/mol. The molecule has 0 aliphatic heterocycles. The molecule has 1 aromatic rings. The molecule has 1 amide bonds. The molecule has 1 unspecified atom stereocenters. The van der Waals surface area contributed by atoms with Gasteiger partial charge in [-0.1, -0.05) is 31.4 Å². The number of carbonyl (C=O) groups is 1. The first-order valence-corrected chi connectivity index (χ1v) is 7.88. The van der Waals surface area contributed by atoms with E-state index in [0.29, 0.717) is 6.04 Å². The molecule has 1 aliphatic carbocycles. The van der Waals surface area contributed by atoms with E-state index in [0.717, 1.165) is 18.4 Å². The Balaban J connectivity index is 1.83. The van der Waals surface area contributed by atoms with Gasteiger partial charge in [0.05, 0.1) is 6.04 Å². The van der Waals surface area contributed by atoms with Gasteiger partial charge in [0.15, 0.2) is 0 Å². The quantitative estimate of drug-likeness (QED) is 0.874. The number of rotatable bonds is 5. The number of benzene rings is 1. The molecule has 0 heterocycles. The topological polar surface area (TPSA) is 41.1 Å². The van der Waals surface area contributed by atoms with Gasteiger partial charge in [-0.3, -0.25) is 10.1 Å². The van der Waals surface area contributed by atoms with Gasteiger partial charge in [0.2, 0.25) is 5.91 Å². The third-order valence-corrected chi connectivity index (χ3v) is 4.21. The molecule has 4 heteroatoms. The Morgan fingerprint density at radius 3 is 2.38 bits per heavy atom. The third kappa shape index (κ3) is 4.81. The summed E-state index contributed by atoms with van der Waals surface area (Å²) in [7, 11) is 0. The van der Waals surface area contributed by atoms with E-state index in [4.69, 9.17) is 0 Å². The maximum Gasteiger partial charge on any atom is 0.237 e. The Morgan fingerprint density at radius 2 is 1.76 bits per heavy atom. The Hall–Kier alpha value is -1.42. The fourth-order valence-electron chi connectivity index (χ4n) is 2.87. The lowest BCUT2D eigenvalue weighted by atomic mass is 9.95. The summed E-state index contributed by atoms with van der Waals surface area (Å²) in [5.74, 6) is -0.190. The van der Waals surface area contributed by atoms with Crippen molar-refractivity contribution >= 4 is 5.91 Å². The van der Waals surface area contributed by atoms with Gasteiger partial charge in [-0.15, -0.1) is 0 Å². The highest BCUT2D eigenvalue weighted by atomic mass is 19.1. The van der Waals surface area contributed by atoms with Gasteiger partial charge in [-0.2, -0.15) is 0 Å². The molecule has 0 aromatic heterocycles. The van der Waals surface area contributed by atoms with E-state index in [1.165, 1.54) is 31.4 Å². The molecule has 3 nitrogen and oxygen atoms in total. The van der Waals surface area contributed by atoms with Crippen molar-refractivity contribution in [3.63, 3.8) is 0 Å². The van der Waals surface area contributed by atoms with Gasteiger partial charge < -0.3 is 5.32 Å². The van der Waals surface area contributed by atoms with E-state index in [2.05, 4.69) is 10.6 Å². The van der Waals surface area contributed by atoms with Crippen LogP contribution in [0.3, 0.4) is 0 Å². The van der Waals surface area contributed by atoms with Crippen LogP contribution >= 0.6 is 0 Å². The molecule has 1 fully saturated rings. The summed E-state index contributed by atoms with van der Waals surface area (Å²) in [5, 5.41) is 6.39. The molecule has 0 bridgehead atoms. The molecule has 116 valence electrons. The van der Waals surface area contributed by atoms with Crippen molar-refractivity contribution in [2.75, 3.05) is 0 Å². The standard InChI is InChI=1S/C17H25FN2O/c1-12(14-8-10-15(18)11-9-14)19-13(2)17(21)20-16-6-4-3-5-7-16/h8-13,16,19H,3-7H2,1-2H3,(H,20,21)/t12-,13?/m0/s1. The van der Waals surface area contributed by atoms with Crippen molar-refractivity contribution in [1.29, 1.82) is 0 Å². The van der Waals surface area contributed by atoms with Crippen LogP contribution in [0.1, 0.15) is 57.6 Å². The number of hydrogen-bond donors (Lipinski definition) is 2. The summed E-state index contributed by atoms with van der Waals surface area (Å²) in [4.78, 5) is 12.2. The Labute approximate surface area is 126 Å². The highest BCUT2D eigenvalue weighted by molar-refractivity contribution is 5.81. The van der Waals surface area contributed by atoms with Gasteiger partial charge in [0, 0.05) is 12.1 Å².